The summed E-state index contributed by atoms with van der Waals surface area (Å²) < 4.78 is 0. The summed E-state index contributed by atoms with van der Waals surface area (Å²) in [5.74, 6) is -0.0866. The highest BCUT2D eigenvalue weighted by molar-refractivity contribution is 6.30. The van der Waals surface area contributed by atoms with Crippen LogP contribution in [-0.4, -0.2) is 22.6 Å². The minimum absolute atomic E-state index is 0.0866. The van der Waals surface area contributed by atoms with Crippen LogP contribution in [0, 0.1) is 0 Å². The van der Waals surface area contributed by atoms with Crippen LogP contribution in [0.3, 0.4) is 0 Å². The predicted molar refractivity (Wildman–Crippen MR) is 82.7 cm³/mol. The number of aryl methyl sites for hydroxylation is 1. The van der Waals surface area contributed by atoms with E-state index in [4.69, 9.17) is 11.6 Å². The number of carbonyl (C=O) groups excluding carboxylic acids is 1. The third kappa shape index (κ3) is 3.27. The van der Waals surface area contributed by atoms with Gasteiger partial charge >= 0.3 is 0 Å². The van der Waals surface area contributed by atoms with E-state index < -0.39 is 0 Å². The lowest BCUT2D eigenvalue weighted by atomic mass is 9.96. The third-order valence-corrected chi connectivity index (χ3v) is 4.09. The molecule has 21 heavy (non-hydrogen) atoms. The molecule has 0 unspecified atom stereocenters. The molecule has 1 heterocycles. The Balaban J connectivity index is 1.58. The average molecular weight is 304 g/mol. The van der Waals surface area contributed by atoms with Crippen LogP contribution in [0.2, 0.25) is 5.02 Å². The molecule has 1 aliphatic rings. The van der Waals surface area contributed by atoms with Crippen LogP contribution in [0.1, 0.15) is 40.2 Å². The Kier molecular flexibility index (Phi) is 4.25. The van der Waals surface area contributed by atoms with Crippen LogP contribution in [0.5, 0.6) is 0 Å². The monoisotopic (exact) mass is 303 g/mol. The number of fused-ring (bicyclic) bond motifs is 1. The van der Waals surface area contributed by atoms with Gasteiger partial charge in [-0.15, -0.1) is 0 Å². The van der Waals surface area contributed by atoms with Crippen molar-refractivity contribution in [3.63, 3.8) is 0 Å². The molecule has 0 saturated carbocycles. The molecular weight excluding hydrogens is 286 g/mol. The number of nitrogens with zero attached hydrogens (tertiary/aromatic N) is 1. The molecule has 1 aromatic heterocycles. The van der Waals surface area contributed by atoms with E-state index >= 15 is 0 Å². The molecule has 0 spiro atoms. The number of nitrogens with one attached hydrogen (secondary N) is 2. The first-order valence-corrected chi connectivity index (χ1v) is 7.70. The molecule has 1 amide bonds. The second-order valence-electron chi connectivity index (χ2n) is 5.37. The van der Waals surface area contributed by atoms with Crippen molar-refractivity contribution in [1.29, 1.82) is 0 Å². The summed E-state index contributed by atoms with van der Waals surface area (Å²) in [4.78, 5) is 12.2. The molecule has 5 heteroatoms. The standard InChI is InChI=1S/C16H18ClN3O/c17-12-5-3-4-11(10-12)8-9-18-16(21)15-13-6-1-2-7-14(13)19-20-15/h3-5,10H,1-2,6-9H2,(H,18,21)(H,19,20). The molecule has 0 fully saturated rings. The maximum absolute atomic E-state index is 12.2. The van der Waals surface area contributed by atoms with E-state index in [9.17, 15) is 4.79 Å². The Hall–Kier alpha value is -1.81. The maximum Gasteiger partial charge on any atom is 0.272 e. The molecule has 0 atom stereocenters. The summed E-state index contributed by atoms with van der Waals surface area (Å²) in [5, 5.41) is 10.8. The molecule has 1 aromatic carbocycles. The minimum atomic E-state index is -0.0866. The van der Waals surface area contributed by atoms with Crippen LogP contribution in [0.25, 0.3) is 0 Å². The molecule has 2 N–H and O–H groups in total. The second-order valence-corrected chi connectivity index (χ2v) is 5.81. The molecule has 3 rings (SSSR count). The molecular formula is C16H18ClN3O. The molecule has 0 radical (unpaired) electrons. The van der Waals surface area contributed by atoms with Crippen molar-refractivity contribution < 1.29 is 4.79 Å². The number of carbonyl (C=O) groups is 1. The first kappa shape index (κ1) is 14.1. The quantitative estimate of drug-likeness (QED) is 0.912. The van der Waals surface area contributed by atoms with Gasteiger partial charge in [0.25, 0.3) is 5.91 Å². The summed E-state index contributed by atoms with van der Waals surface area (Å²) in [6.45, 7) is 0.584. The number of aromatic nitrogens is 2. The fraction of sp³-hybridized carbons (Fsp3) is 0.375. The van der Waals surface area contributed by atoms with Gasteiger partial charge in [0.05, 0.1) is 0 Å². The lowest BCUT2D eigenvalue weighted by Gasteiger charge is -2.11. The van der Waals surface area contributed by atoms with Gasteiger partial charge in [0.2, 0.25) is 0 Å². The predicted octanol–water partition coefficient (Wildman–Crippen LogP) is 2.91. The Morgan fingerprint density at radius 3 is 3.05 bits per heavy atom. The number of hydrogen-bond acceptors (Lipinski definition) is 2. The van der Waals surface area contributed by atoms with Crippen LogP contribution < -0.4 is 5.32 Å². The van der Waals surface area contributed by atoms with Crippen molar-refractivity contribution in [2.24, 2.45) is 0 Å². The smallest absolute Gasteiger partial charge is 0.272 e. The van der Waals surface area contributed by atoms with Crippen LogP contribution in [0.15, 0.2) is 24.3 Å². The molecule has 110 valence electrons. The lowest BCUT2D eigenvalue weighted by Crippen LogP contribution is -2.27. The van der Waals surface area contributed by atoms with E-state index in [1.54, 1.807) is 0 Å². The number of amides is 1. The van der Waals surface area contributed by atoms with Crippen molar-refractivity contribution >= 4 is 17.5 Å². The van der Waals surface area contributed by atoms with E-state index in [2.05, 4.69) is 15.5 Å². The number of hydrogen-bond donors (Lipinski definition) is 2. The maximum atomic E-state index is 12.2. The van der Waals surface area contributed by atoms with Gasteiger partial charge in [-0.25, -0.2) is 0 Å². The largest absolute Gasteiger partial charge is 0.350 e. The Bertz CT molecular complexity index is 651. The zero-order valence-electron chi connectivity index (χ0n) is 11.8. The first-order valence-electron chi connectivity index (χ1n) is 7.33. The van der Waals surface area contributed by atoms with Gasteiger partial charge in [-0.2, -0.15) is 5.10 Å². The summed E-state index contributed by atoms with van der Waals surface area (Å²) in [5.41, 5.74) is 3.91. The van der Waals surface area contributed by atoms with E-state index in [1.807, 2.05) is 24.3 Å². The van der Waals surface area contributed by atoms with Gasteiger partial charge in [-0.1, -0.05) is 23.7 Å². The molecule has 0 bridgehead atoms. The highest BCUT2D eigenvalue weighted by Crippen LogP contribution is 2.21. The van der Waals surface area contributed by atoms with E-state index in [1.165, 1.54) is 6.42 Å². The van der Waals surface area contributed by atoms with Gasteiger partial charge in [-0.05, 0) is 49.8 Å². The number of halogens is 1. The summed E-state index contributed by atoms with van der Waals surface area (Å²) in [6.07, 6.45) is 5.01. The number of H-pyrrole nitrogens is 1. The Morgan fingerprint density at radius 2 is 2.19 bits per heavy atom. The highest BCUT2D eigenvalue weighted by Gasteiger charge is 2.21. The van der Waals surface area contributed by atoms with Crippen molar-refractivity contribution in [1.82, 2.24) is 15.5 Å². The van der Waals surface area contributed by atoms with Crippen molar-refractivity contribution in [2.45, 2.75) is 32.1 Å². The van der Waals surface area contributed by atoms with Gasteiger partial charge in [0.1, 0.15) is 0 Å². The van der Waals surface area contributed by atoms with Gasteiger partial charge in [0.15, 0.2) is 5.69 Å². The van der Waals surface area contributed by atoms with Crippen LogP contribution in [-0.2, 0) is 19.3 Å². The molecule has 1 aliphatic carbocycles. The Morgan fingerprint density at radius 1 is 1.33 bits per heavy atom. The highest BCUT2D eigenvalue weighted by atomic mass is 35.5. The number of aromatic amines is 1. The van der Waals surface area contributed by atoms with Gasteiger partial charge in [0, 0.05) is 22.8 Å². The van der Waals surface area contributed by atoms with Gasteiger partial charge < -0.3 is 5.32 Å². The van der Waals surface area contributed by atoms with Crippen molar-refractivity contribution in [2.75, 3.05) is 6.54 Å². The average Bonchev–Trinajstić information content (AvgIpc) is 2.91. The zero-order valence-corrected chi connectivity index (χ0v) is 12.5. The zero-order chi connectivity index (χ0) is 14.7. The summed E-state index contributed by atoms with van der Waals surface area (Å²) in [7, 11) is 0. The van der Waals surface area contributed by atoms with E-state index in [0.717, 1.165) is 47.5 Å². The lowest BCUT2D eigenvalue weighted by molar-refractivity contribution is 0.0948. The number of benzene rings is 1. The van der Waals surface area contributed by atoms with Crippen LogP contribution >= 0.6 is 11.6 Å². The fourth-order valence-corrected chi connectivity index (χ4v) is 2.98. The molecule has 0 saturated heterocycles. The third-order valence-electron chi connectivity index (χ3n) is 3.86. The fourth-order valence-electron chi connectivity index (χ4n) is 2.77. The summed E-state index contributed by atoms with van der Waals surface area (Å²) >= 11 is 5.95. The topological polar surface area (TPSA) is 57.8 Å². The summed E-state index contributed by atoms with van der Waals surface area (Å²) in [6, 6.07) is 7.70. The van der Waals surface area contributed by atoms with E-state index in [-0.39, 0.29) is 5.91 Å². The second kappa shape index (κ2) is 6.31. The number of rotatable bonds is 4. The van der Waals surface area contributed by atoms with Gasteiger partial charge in [-0.3, -0.25) is 9.89 Å². The van der Waals surface area contributed by atoms with Crippen LogP contribution in [0.4, 0.5) is 0 Å². The molecule has 2 aromatic rings. The normalized spacial score (nSPS) is 13.8. The van der Waals surface area contributed by atoms with E-state index in [0.29, 0.717) is 12.2 Å². The minimum Gasteiger partial charge on any atom is -0.350 e. The van der Waals surface area contributed by atoms with Crippen molar-refractivity contribution in [3.05, 3.63) is 51.8 Å². The Labute approximate surface area is 128 Å². The van der Waals surface area contributed by atoms with Crippen molar-refractivity contribution in [3.8, 4) is 0 Å². The molecule has 4 nitrogen and oxygen atoms in total. The first-order chi connectivity index (χ1) is 10.2. The SMILES string of the molecule is O=C(NCCc1cccc(Cl)c1)c1n[nH]c2c1CCCC2. The molecule has 0 aliphatic heterocycles.